The molecule has 0 saturated heterocycles. The highest BCUT2D eigenvalue weighted by Gasteiger charge is 2.47. The number of nitrogens with zero attached hydrogens (tertiary/aromatic N) is 1. The molecule has 0 radical (unpaired) electrons. The molecule has 1 aliphatic rings. The molecule has 2 amide bonds. The number of Topliss-reactive ketones (excluding diaryl/α,β-unsaturated/α-hetero) is 1. The van der Waals surface area contributed by atoms with Crippen molar-refractivity contribution in [3.05, 3.63) is 59.8 Å². The van der Waals surface area contributed by atoms with Crippen molar-refractivity contribution >= 4 is 29.0 Å². The smallest absolute Gasteiger partial charge is 0.294 e. The topological polar surface area (TPSA) is 99.9 Å². The molecule has 146 valence electrons. The zero-order chi connectivity index (χ0) is 20.6. The summed E-state index contributed by atoms with van der Waals surface area (Å²) in [5, 5.41) is 13.2. The summed E-state index contributed by atoms with van der Waals surface area (Å²) in [7, 11) is 0. The zero-order valence-corrected chi connectivity index (χ0v) is 16.1. The number of rotatable bonds is 4. The largest absolute Gasteiger partial charge is 0.503 e. The van der Waals surface area contributed by atoms with E-state index in [1.54, 1.807) is 57.2 Å². The molecule has 0 spiro atoms. The molecule has 0 saturated carbocycles. The van der Waals surface area contributed by atoms with Gasteiger partial charge in [-0.15, -0.1) is 0 Å². The van der Waals surface area contributed by atoms with Gasteiger partial charge in [0.15, 0.2) is 11.5 Å². The number of aliphatic hydroxyl groups is 1. The van der Waals surface area contributed by atoms with E-state index in [-0.39, 0.29) is 17.3 Å². The minimum absolute atomic E-state index is 0.0124. The van der Waals surface area contributed by atoms with Crippen LogP contribution in [0.4, 0.5) is 11.4 Å². The van der Waals surface area contributed by atoms with Crippen LogP contribution in [0, 0.1) is 5.41 Å². The Morgan fingerprint density at radius 2 is 1.79 bits per heavy atom. The molecular formula is C21H22N2O5. The van der Waals surface area contributed by atoms with Crippen LogP contribution >= 0.6 is 0 Å². The molecule has 1 aromatic heterocycles. The Morgan fingerprint density at radius 1 is 1.14 bits per heavy atom. The van der Waals surface area contributed by atoms with E-state index in [4.69, 9.17) is 4.42 Å². The number of carbonyl (C=O) groups excluding carboxylic acids is 3. The molecule has 1 atom stereocenters. The third-order valence-corrected chi connectivity index (χ3v) is 4.41. The van der Waals surface area contributed by atoms with Crippen LogP contribution in [-0.2, 0) is 14.4 Å². The van der Waals surface area contributed by atoms with E-state index in [1.807, 2.05) is 0 Å². The number of carbonyl (C=O) groups is 3. The van der Waals surface area contributed by atoms with Gasteiger partial charge < -0.3 is 14.8 Å². The van der Waals surface area contributed by atoms with Gasteiger partial charge in [0.05, 0.1) is 11.8 Å². The number of amides is 2. The van der Waals surface area contributed by atoms with Crippen LogP contribution in [0.2, 0.25) is 0 Å². The Bertz CT molecular complexity index is 950. The van der Waals surface area contributed by atoms with Gasteiger partial charge >= 0.3 is 0 Å². The molecule has 3 rings (SSSR count). The zero-order valence-electron chi connectivity index (χ0n) is 16.1. The number of ketones is 1. The number of nitrogens with one attached hydrogen (secondary N) is 1. The van der Waals surface area contributed by atoms with Crippen LogP contribution in [0.5, 0.6) is 0 Å². The van der Waals surface area contributed by atoms with Crippen LogP contribution in [0.25, 0.3) is 0 Å². The Hall–Kier alpha value is -3.35. The molecule has 7 heteroatoms. The van der Waals surface area contributed by atoms with Crippen molar-refractivity contribution in [2.45, 2.75) is 33.7 Å². The molecule has 28 heavy (non-hydrogen) atoms. The van der Waals surface area contributed by atoms with Crippen molar-refractivity contribution in [1.29, 1.82) is 0 Å². The van der Waals surface area contributed by atoms with Crippen LogP contribution in [-0.4, -0.2) is 22.7 Å². The van der Waals surface area contributed by atoms with E-state index in [0.29, 0.717) is 17.1 Å². The van der Waals surface area contributed by atoms with Gasteiger partial charge in [0.2, 0.25) is 5.91 Å². The highest BCUT2D eigenvalue weighted by atomic mass is 16.3. The molecule has 7 nitrogen and oxygen atoms in total. The fourth-order valence-corrected chi connectivity index (χ4v) is 3.13. The minimum Gasteiger partial charge on any atom is -0.503 e. The maximum Gasteiger partial charge on any atom is 0.294 e. The fourth-order valence-electron chi connectivity index (χ4n) is 3.13. The maximum atomic E-state index is 13.0. The third-order valence-electron chi connectivity index (χ3n) is 4.41. The monoisotopic (exact) mass is 382 g/mol. The number of hydrogen-bond acceptors (Lipinski definition) is 5. The first kappa shape index (κ1) is 19.4. The first-order valence-electron chi connectivity index (χ1n) is 8.84. The lowest BCUT2D eigenvalue weighted by Crippen LogP contribution is -2.32. The predicted molar refractivity (Wildman–Crippen MR) is 104 cm³/mol. The lowest BCUT2D eigenvalue weighted by molar-refractivity contribution is -0.123. The molecule has 2 N–H and O–H groups in total. The molecule has 1 unspecified atom stereocenters. The highest BCUT2D eigenvalue weighted by Crippen LogP contribution is 2.43. The van der Waals surface area contributed by atoms with E-state index in [2.05, 4.69) is 5.32 Å². The van der Waals surface area contributed by atoms with E-state index in [1.165, 1.54) is 18.1 Å². The highest BCUT2D eigenvalue weighted by molar-refractivity contribution is 6.17. The third kappa shape index (κ3) is 3.43. The Kier molecular flexibility index (Phi) is 4.85. The Balaban J connectivity index is 2.07. The number of hydrogen-bond donors (Lipinski definition) is 2. The Morgan fingerprint density at radius 3 is 2.29 bits per heavy atom. The standard InChI is InChI=1S/C21H22N2O5/c1-12(24)22-13-7-9-14(10-8-13)23-17(15-6-5-11-28-15)16(18(25)20(23)27)19(26)21(2,3)4/h5-11,17,25H,1-4H3,(H,22,24). The van der Waals surface area contributed by atoms with Gasteiger partial charge in [0.25, 0.3) is 5.91 Å². The average molecular weight is 382 g/mol. The number of aliphatic hydroxyl groups excluding tert-OH is 1. The fraction of sp³-hybridized carbons (Fsp3) is 0.286. The summed E-state index contributed by atoms with van der Waals surface area (Å²) >= 11 is 0. The number of anilines is 2. The summed E-state index contributed by atoms with van der Waals surface area (Å²) in [4.78, 5) is 38.4. The van der Waals surface area contributed by atoms with Crippen LogP contribution in [0.3, 0.4) is 0 Å². The van der Waals surface area contributed by atoms with Gasteiger partial charge in [-0.25, -0.2) is 0 Å². The average Bonchev–Trinajstić information content (AvgIpc) is 3.22. The first-order chi connectivity index (χ1) is 13.1. The molecule has 1 aliphatic heterocycles. The normalized spacial score (nSPS) is 17.2. The summed E-state index contributed by atoms with van der Waals surface area (Å²) in [6.45, 7) is 6.58. The van der Waals surface area contributed by atoms with E-state index < -0.39 is 23.1 Å². The molecule has 1 aromatic carbocycles. The van der Waals surface area contributed by atoms with Crippen molar-refractivity contribution in [1.82, 2.24) is 0 Å². The van der Waals surface area contributed by atoms with Crippen LogP contribution in [0.1, 0.15) is 39.5 Å². The van der Waals surface area contributed by atoms with E-state index >= 15 is 0 Å². The predicted octanol–water partition coefficient (Wildman–Crippen LogP) is 3.75. The molecule has 2 aromatic rings. The molecule has 0 fully saturated rings. The second-order valence-corrected chi connectivity index (χ2v) is 7.66. The second-order valence-electron chi connectivity index (χ2n) is 7.66. The SMILES string of the molecule is CC(=O)Nc1ccc(N2C(=O)C(O)=C(C(=O)C(C)(C)C)C2c2ccco2)cc1. The van der Waals surface area contributed by atoms with Crippen LogP contribution < -0.4 is 10.2 Å². The van der Waals surface area contributed by atoms with E-state index in [0.717, 1.165) is 0 Å². The van der Waals surface area contributed by atoms with Crippen molar-refractivity contribution in [2.75, 3.05) is 10.2 Å². The number of furan rings is 1. The number of benzene rings is 1. The van der Waals surface area contributed by atoms with Crippen molar-refractivity contribution in [3.63, 3.8) is 0 Å². The summed E-state index contributed by atoms with van der Waals surface area (Å²) in [6, 6.07) is 9.00. The summed E-state index contributed by atoms with van der Waals surface area (Å²) in [5.41, 5.74) is 0.252. The van der Waals surface area contributed by atoms with Crippen molar-refractivity contribution < 1.29 is 23.9 Å². The van der Waals surface area contributed by atoms with Gasteiger partial charge in [-0.3, -0.25) is 19.3 Å². The lowest BCUT2D eigenvalue weighted by Gasteiger charge is -2.27. The van der Waals surface area contributed by atoms with Crippen molar-refractivity contribution in [2.24, 2.45) is 5.41 Å². The Labute approximate surface area is 162 Å². The molecule has 0 aliphatic carbocycles. The van der Waals surface area contributed by atoms with Gasteiger partial charge in [0, 0.05) is 23.7 Å². The van der Waals surface area contributed by atoms with E-state index in [9.17, 15) is 19.5 Å². The first-order valence-corrected chi connectivity index (χ1v) is 8.84. The molecular weight excluding hydrogens is 360 g/mol. The summed E-state index contributed by atoms with van der Waals surface area (Å²) < 4.78 is 5.49. The van der Waals surface area contributed by atoms with Gasteiger partial charge in [-0.05, 0) is 36.4 Å². The van der Waals surface area contributed by atoms with Crippen molar-refractivity contribution in [3.8, 4) is 0 Å². The van der Waals surface area contributed by atoms with Gasteiger partial charge in [0.1, 0.15) is 11.8 Å². The summed E-state index contributed by atoms with van der Waals surface area (Å²) in [5.74, 6) is -1.43. The minimum atomic E-state index is -0.874. The quantitative estimate of drug-likeness (QED) is 0.839. The van der Waals surface area contributed by atoms with Gasteiger partial charge in [-0.2, -0.15) is 0 Å². The molecule has 2 heterocycles. The molecule has 0 bridgehead atoms. The summed E-state index contributed by atoms with van der Waals surface area (Å²) in [6.07, 6.45) is 1.45. The maximum absolute atomic E-state index is 13.0. The second kappa shape index (κ2) is 6.99. The lowest BCUT2D eigenvalue weighted by atomic mass is 9.83. The van der Waals surface area contributed by atoms with Gasteiger partial charge in [-0.1, -0.05) is 20.8 Å². The van der Waals surface area contributed by atoms with Crippen LogP contribution in [0.15, 0.2) is 58.4 Å².